The first-order valence-corrected chi connectivity index (χ1v) is 8.35. The lowest BCUT2D eigenvalue weighted by Gasteiger charge is -2.09. The van der Waals surface area contributed by atoms with Crippen LogP contribution < -0.4 is 10.3 Å². The molecule has 0 amide bonds. The van der Waals surface area contributed by atoms with Crippen LogP contribution in [0.15, 0.2) is 70.8 Å². The highest BCUT2D eigenvalue weighted by Crippen LogP contribution is 2.30. The zero-order chi connectivity index (χ0) is 16.5. The Labute approximate surface area is 142 Å². The molecule has 0 unspecified atom stereocenters. The number of rotatable bonds is 3. The van der Waals surface area contributed by atoms with E-state index in [4.69, 9.17) is 4.74 Å². The summed E-state index contributed by atoms with van der Waals surface area (Å²) < 4.78 is 7.26. The van der Waals surface area contributed by atoms with E-state index in [1.165, 1.54) is 11.3 Å². The van der Waals surface area contributed by atoms with Crippen LogP contribution in [-0.4, -0.2) is 16.5 Å². The maximum atomic E-state index is 12.0. The van der Waals surface area contributed by atoms with E-state index < -0.39 is 0 Å². The summed E-state index contributed by atoms with van der Waals surface area (Å²) in [5, 5.41) is 2.02. The quantitative estimate of drug-likeness (QED) is 0.566. The van der Waals surface area contributed by atoms with Gasteiger partial charge in [-0.1, -0.05) is 30.3 Å². The second kappa shape index (κ2) is 5.94. The van der Waals surface area contributed by atoms with Crippen molar-refractivity contribution in [1.82, 2.24) is 9.38 Å². The van der Waals surface area contributed by atoms with Crippen LogP contribution in [0.5, 0.6) is 5.75 Å². The second-order valence-electron chi connectivity index (χ2n) is 5.31. The second-order valence-corrected chi connectivity index (χ2v) is 6.15. The molecule has 4 aromatic rings. The van der Waals surface area contributed by atoms with Crippen LogP contribution in [0.1, 0.15) is 0 Å². The molecule has 0 aliphatic heterocycles. The molecule has 5 heteroatoms. The first-order chi connectivity index (χ1) is 11.8. The van der Waals surface area contributed by atoms with Crippen molar-refractivity contribution < 1.29 is 4.74 Å². The fraction of sp³-hybridized carbons (Fsp3) is 0.0526. The lowest BCUT2D eigenvalue weighted by Crippen LogP contribution is -2.08. The summed E-state index contributed by atoms with van der Waals surface area (Å²) in [6.07, 6.45) is 0. The topological polar surface area (TPSA) is 43.6 Å². The maximum Gasteiger partial charge on any atom is 0.274 e. The molecule has 2 aromatic heterocycles. The van der Waals surface area contributed by atoms with Crippen molar-refractivity contribution in [3.63, 3.8) is 0 Å². The molecular weight excluding hydrogens is 320 g/mol. The van der Waals surface area contributed by atoms with E-state index in [2.05, 4.69) is 4.98 Å². The van der Waals surface area contributed by atoms with Crippen LogP contribution in [-0.2, 0) is 0 Å². The van der Waals surface area contributed by atoms with Crippen molar-refractivity contribution >= 4 is 16.3 Å². The van der Waals surface area contributed by atoms with Crippen molar-refractivity contribution in [2.24, 2.45) is 0 Å². The molecule has 0 radical (unpaired) electrons. The SMILES string of the molecule is COc1ccc(-c2csc3nc(=O)cc(-c4ccccc4)n23)cc1. The predicted molar refractivity (Wildman–Crippen MR) is 96.8 cm³/mol. The molecule has 0 aliphatic rings. The smallest absolute Gasteiger partial charge is 0.274 e. The molecule has 0 spiro atoms. The monoisotopic (exact) mass is 334 g/mol. The van der Waals surface area contributed by atoms with Gasteiger partial charge in [0.25, 0.3) is 5.56 Å². The number of aromatic nitrogens is 2. The highest BCUT2D eigenvalue weighted by Gasteiger charge is 2.13. The number of fused-ring (bicyclic) bond motifs is 1. The number of benzene rings is 2. The van der Waals surface area contributed by atoms with E-state index in [1.54, 1.807) is 13.2 Å². The molecule has 4 rings (SSSR count). The molecule has 0 saturated heterocycles. The molecule has 0 saturated carbocycles. The lowest BCUT2D eigenvalue weighted by atomic mass is 10.1. The van der Waals surface area contributed by atoms with Crippen molar-refractivity contribution in [2.45, 2.75) is 0 Å². The Morgan fingerprint density at radius 2 is 1.67 bits per heavy atom. The normalized spacial score (nSPS) is 10.9. The zero-order valence-electron chi connectivity index (χ0n) is 13.0. The first-order valence-electron chi connectivity index (χ1n) is 7.47. The number of ether oxygens (including phenoxy) is 1. The molecule has 0 atom stereocenters. The van der Waals surface area contributed by atoms with Gasteiger partial charge in [0.2, 0.25) is 0 Å². The van der Waals surface area contributed by atoms with Crippen LogP contribution in [0, 0.1) is 0 Å². The maximum absolute atomic E-state index is 12.0. The van der Waals surface area contributed by atoms with E-state index in [1.807, 2.05) is 64.4 Å². The minimum atomic E-state index is -0.225. The van der Waals surface area contributed by atoms with Crippen molar-refractivity contribution in [1.29, 1.82) is 0 Å². The van der Waals surface area contributed by atoms with Crippen LogP contribution in [0.3, 0.4) is 0 Å². The largest absolute Gasteiger partial charge is 0.497 e. The third kappa shape index (κ3) is 2.49. The Morgan fingerprint density at radius 3 is 2.38 bits per heavy atom. The fourth-order valence-electron chi connectivity index (χ4n) is 2.71. The first kappa shape index (κ1) is 14.7. The van der Waals surface area contributed by atoms with Gasteiger partial charge in [0.05, 0.1) is 18.5 Å². The summed E-state index contributed by atoms with van der Waals surface area (Å²) in [7, 11) is 1.65. The van der Waals surface area contributed by atoms with E-state index >= 15 is 0 Å². The summed E-state index contributed by atoms with van der Waals surface area (Å²) >= 11 is 1.46. The minimum absolute atomic E-state index is 0.225. The molecule has 4 nitrogen and oxygen atoms in total. The summed E-state index contributed by atoms with van der Waals surface area (Å²) in [6, 6.07) is 19.3. The molecule has 0 bridgehead atoms. The fourth-order valence-corrected chi connectivity index (χ4v) is 3.62. The molecule has 2 heterocycles. The Hall–Kier alpha value is -2.92. The van der Waals surface area contributed by atoms with Crippen LogP contribution >= 0.6 is 11.3 Å². The average Bonchev–Trinajstić information content (AvgIpc) is 3.05. The van der Waals surface area contributed by atoms with Crippen molar-refractivity contribution in [3.05, 3.63) is 76.4 Å². The van der Waals surface area contributed by atoms with Gasteiger partial charge >= 0.3 is 0 Å². The van der Waals surface area contributed by atoms with Gasteiger partial charge in [-0.15, -0.1) is 11.3 Å². The molecule has 0 aliphatic carbocycles. The standard InChI is InChI=1S/C19H14N2O2S/c1-23-15-9-7-14(8-10-15)17-12-24-19-20-18(22)11-16(21(17)19)13-5-3-2-4-6-13/h2-12H,1H3. The Morgan fingerprint density at radius 1 is 0.958 bits per heavy atom. The van der Waals surface area contributed by atoms with E-state index in [0.29, 0.717) is 4.96 Å². The van der Waals surface area contributed by atoms with Crippen LogP contribution in [0.2, 0.25) is 0 Å². The molecule has 24 heavy (non-hydrogen) atoms. The summed E-state index contributed by atoms with van der Waals surface area (Å²) in [4.78, 5) is 16.8. The number of nitrogens with zero attached hydrogens (tertiary/aromatic N) is 2. The van der Waals surface area contributed by atoms with E-state index in [0.717, 1.165) is 28.3 Å². The third-order valence-electron chi connectivity index (χ3n) is 3.87. The van der Waals surface area contributed by atoms with Gasteiger partial charge in [-0.3, -0.25) is 9.20 Å². The molecule has 0 fully saturated rings. The summed E-state index contributed by atoms with van der Waals surface area (Å²) in [6.45, 7) is 0. The van der Waals surface area contributed by atoms with E-state index in [-0.39, 0.29) is 5.56 Å². The zero-order valence-corrected chi connectivity index (χ0v) is 13.8. The Kier molecular flexibility index (Phi) is 3.63. The number of hydrogen-bond donors (Lipinski definition) is 0. The minimum Gasteiger partial charge on any atom is -0.497 e. The van der Waals surface area contributed by atoms with Gasteiger partial charge in [0, 0.05) is 11.4 Å². The third-order valence-corrected chi connectivity index (χ3v) is 4.70. The van der Waals surface area contributed by atoms with Gasteiger partial charge in [0.15, 0.2) is 4.96 Å². The summed E-state index contributed by atoms with van der Waals surface area (Å²) in [5.41, 5.74) is 3.66. The molecule has 0 N–H and O–H groups in total. The number of methoxy groups -OCH3 is 1. The van der Waals surface area contributed by atoms with Gasteiger partial charge in [0.1, 0.15) is 5.75 Å². The van der Waals surface area contributed by atoms with Crippen LogP contribution in [0.25, 0.3) is 27.5 Å². The molecule has 2 aromatic carbocycles. The van der Waals surface area contributed by atoms with Gasteiger partial charge in [-0.25, -0.2) is 0 Å². The lowest BCUT2D eigenvalue weighted by molar-refractivity contribution is 0.415. The highest BCUT2D eigenvalue weighted by molar-refractivity contribution is 7.15. The van der Waals surface area contributed by atoms with Crippen molar-refractivity contribution in [3.8, 4) is 28.3 Å². The average molecular weight is 334 g/mol. The highest BCUT2D eigenvalue weighted by atomic mass is 32.1. The molecule has 118 valence electrons. The van der Waals surface area contributed by atoms with Gasteiger partial charge in [-0.2, -0.15) is 4.98 Å². The van der Waals surface area contributed by atoms with Gasteiger partial charge in [-0.05, 0) is 35.4 Å². The van der Waals surface area contributed by atoms with Crippen molar-refractivity contribution in [2.75, 3.05) is 7.11 Å². The van der Waals surface area contributed by atoms with Crippen LogP contribution in [0.4, 0.5) is 0 Å². The summed E-state index contributed by atoms with van der Waals surface area (Å²) in [5.74, 6) is 0.812. The van der Waals surface area contributed by atoms with Gasteiger partial charge < -0.3 is 4.74 Å². The molecular formula is C19H14N2O2S. The van der Waals surface area contributed by atoms with E-state index in [9.17, 15) is 4.79 Å². The Bertz CT molecular complexity index is 1050. The Balaban J connectivity index is 1.99. The number of hydrogen-bond acceptors (Lipinski definition) is 4. The predicted octanol–water partition coefficient (Wildman–Crippen LogP) is 4.10. The number of thiazole rings is 1.